The van der Waals surface area contributed by atoms with Crippen molar-refractivity contribution in [2.75, 3.05) is 31.7 Å². The van der Waals surface area contributed by atoms with E-state index in [1.807, 2.05) is 19.2 Å². The van der Waals surface area contributed by atoms with E-state index in [4.69, 9.17) is 0 Å². The number of hydrogen-bond acceptors (Lipinski definition) is 4. The van der Waals surface area contributed by atoms with Gasteiger partial charge in [0.1, 0.15) is 5.82 Å². The van der Waals surface area contributed by atoms with E-state index in [1.54, 1.807) is 10.5 Å². The number of hydrogen-bond donors (Lipinski definition) is 1. The Kier molecular flexibility index (Phi) is 3.87. The summed E-state index contributed by atoms with van der Waals surface area (Å²) in [6, 6.07) is 3.97. The van der Waals surface area contributed by atoms with Gasteiger partial charge >= 0.3 is 0 Å². The minimum Gasteiger partial charge on any atom is -0.373 e. The van der Waals surface area contributed by atoms with Crippen LogP contribution in [0.3, 0.4) is 0 Å². The molecule has 0 spiro atoms. The lowest BCUT2D eigenvalue weighted by Crippen LogP contribution is -2.38. The molecule has 1 fully saturated rings. The van der Waals surface area contributed by atoms with Crippen LogP contribution >= 0.6 is 0 Å². The SMILES string of the molecule is CNc1cc(C2CCCN(S(C)(=O)=O)C2)ccn1. The van der Waals surface area contributed by atoms with E-state index in [2.05, 4.69) is 10.3 Å². The maximum atomic E-state index is 11.6. The Bertz CT molecular complexity index is 516. The summed E-state index contributed by atoms with van der Waals surface area (Å²) in [4.78, 5) is 4.18. The van der Waals surface area contributed by atoms with Gasteiger partial charge in [0.2, 0.25) is 10.0 Å². The molecule has 6 heteroatoms. The summed E-state index contributed by atoms with van der Waals surface area (Å²) in [7, 11) is -1.25. The number of piperidine rings is 1. The van der Waals surface area contributed by atoms with Gasteiger partial charge in [-0.3, -0.25) is 0 Å². The predicted octanol–water partition coefficient (Wildman–Crippen LogP) is 1.26. The van der Waals surface area contributed by atoms with Gasteiger partial charge in [0.05, 0.1) is 6.26 Å². The minimum atomic E-state index is -3.08. The molecule has 100 valence electrons. The predicted molar refractivity (Wildman–Crippen MR) is 72.2 cm³/mol. The van der Waals surface area contributed by atoms with Crippen molar-refractivity contribution in [1.82, 2.24) is 9.29 Å². The Morgan fingerprint density at radius 2 is 2.28 bits per heavy atom. The Morgan fingerprint density at radius 1 is 1.50 bits per heavy atom. The van der Waals surface area contributed by atoms with Crippen LogP contribution in [-0.2, 0) is 10.0 Å². The summed E-state index contributed by atoms with van der Waals surface area (Å²) in [6.45, 7) is 1.21. The van der Waals surface area contributed by atoms with E-state index in [0.717, 1.165) is 24.2 Å². The van der Waals surface area contributed by atoms with Crippen LogP contribution in [-0.4, -0.2) is 44.1 Å². The molecule has 2 heterocycles. The molecule has 1 aliphatic heterocycles. The number of pyridine rings is 1. The molecule has 1 aromatic rings. The van der Waals surface area contributed by atoms with Gasteiger partial charge in [-0.15, -0.1) is 0 Å². The maximum Gasteiger partial charge on any atom is 0.211 e. The molecule has 0 amide bonds. The largest absolute Gasteiger partial charge is 0.373 e. The molecule has 0 radical (unpaired) electrons. The van der Waals surface area contributed by atoms with Crippen LogP contribution < -0.4 is 5.32 Å². The van der Waals surface area contributed by atoms with Crippen LogP contribution in [0.1, 0.15) is 24.3 Å². The highest BCUT2D eigenvalue weighted by Gasteiger charge is 2.26. The quantitative estimate of drug-likeness (QED) is 0.897. The molecular weight excluding hydrogens is 250 g/mol. The Balaban J connectivity index is 2.18. The summed E-state index contributed by atoms with van der Waals surface area (Å²) < 4.78 is 24.7. The van der Waals surface area contributed by atoms with Crippen LogP contribution in [0.5, 0.6) is 0 Å². The fourth-order valence-electron chi connectivity index (χ4n) is 2.35. The van der Waals surface area contributed by atoms with E-state index < -0.39 is 10.0 Å². The molecule has 0 aliphatic carbocycles. The zero-order valence-electron chi connectivity index (χ0n) is 10.8. The van der Waals surface area contributed by atoms with Crippen LogP contribution in [0.4, 0.5) is 5.82 Å². The molecule has 2 rings (SSSR count). The Hall–Kier alpha value is -1.14. The number of nitrogens with zero attached hydrogens (tertiary/aromatic N) is 2. The lowest BCUT2D eigenvalue weighted by molar-refractivity contribution is 0.317. The summed E-state index contributed by atoms with van der Waals surface area (Å²) in [5, 5.41) is 3.00. The van der Waals surface area contributed by atoms with Gasteiger partial charge in [-0.2, -0.15) is 0 Å². The Labute approximate surface area is 108 Å². The first-order chi connectivity index (χ1) is 8.50. The van der Waals surface area contributed by atoms with Crippen LogP contribution in [0.25, 0.3) is 0 Å². The smallest absolute Gasteiger partial charge is 0.211 e. The van der Waals surface area contributed by atoms with Crippen LogP contribution in [0.2, 0.25) is 0 Å². The molecule has 18 heavy (non-hydrogen) atoms. The zero-order chi connectivity index (χ0) is 13.2. The fourth-order valence-corrected chi connectivity index (χ4v) is 3.26. The third-order valence-electron chi connectivity index (χ3n) is 3.36. The van der Waals surface area contributed by atoms with Gasteiger partial charge in [-0.05, 0) is 36.5 Å². The lowest BCUT2D eigenvalue weighted by Gasteiger charge is -2.31. The standard InChI is InChI=1S/C12H19N3O2S/c1-13-12-8-10(5-6-14-12)11-4-3-7-15(9-11)18(2,16)17/h5-6,8,11H,3-4,7,9H2,1-2H3,(H,13,14). The highest BCUT2D eigenvalue weighted by atomic mass is 32.2. The van der Waals surface area contributed by atoms with Crippen molar-refractivity contribution in [2.45, 2.75) is 18.8 Å². The van der Waals surface area contributed by atoms with Crippen molar-refractivity contribution in [3.8, 4) is 0 Å². The topological polar surface area (TPSA) is 62.3 Å². The highest BCUT2D eigenvalue weighted by Crippen LogP contribution is 2.28. The maximum absolute atomic E-state index is 11.6. The molecule has 0 saturated carbocycles. The second-order valence-corrected chi connectivity index (χ2v) is 6.67. The average Bonchev–Trinajstić information content (AvgIpc) is 2.38. The first-order valence-electron chi connectivity index (χ1n) is 6.09. The monoisotopic (exact) mass is 269 g/mol. The van der Waals surface area contributed by atoms with E-state index in [-0.39, 0.29) is 5.92 Å². The molecule has 1 aliphatic rings. The lowest BCUT2D eigenvalue weighted by atomic mass is 9.92. The number of rotatable bonds is 3. The second-order valence-electron chi connectivity index (χ2n) is 4.68. The van der Waals surface area contributed by atoms with Crippen molar-refractivity contribution >= 4 is 15.8 Å². The molecule has 1 aromatic heterocycles. The van der Waals surface area contributed by atoms with Crippen molar-refractivity contribution in [3.63, 3.8) is 0 Å². The van der Waals surface area contributed by atoms with E-state index in [1.165, 1.54) is 6.26 Å². The van der Waals surface area contributed by atoms with Gasteiger partial charge in [0.15, 0.2) is 0 Å². The highest BCUT2D eigenvalue weighted by molar-refractivity contribution is 7.88. The van der Waals surface area contributed by atoms with Gasteiger partial charge in [0, 0.05) is 26.3 Å². The van der Waals surface area contributed by atoms with Crippen molar-refractivity contribution < 1.29 is 8.42 Å². The van der Waals surface area contributed by atoms with E-state index >= 15 is 0 Å². The van der Waals surface area contributed by atoms with E-state index in [9.17, 15) is 8.42 Å². The summed E-state index contributed by atoms with van der Waals surface area (Å²) in [6.07, 6.45) is 4.98. The third kappa shape index (κ3) is 3.00. The average molecular weight is 269 g/mol. The Morgan fingerprint density at radius 3 is 2.94 bits per heavy atom. The molecule has 1 N–H and O–H groups in total. The molecule has 0 bridgehead atoms. The third-order valence-corrected chi connectivity index (χ3v) is 4.63. The number of nitrogens with one attached hydrogen (secondary N) is 1. The summed E-state index contributed by atoms with van der Waals surface area (Å²) in [5.74, 6) is 1.09. The summed E-state index contributed by atoms with van der Waals surface area (Å²) >= 11 is 0. The number of aromatic nitrogens is 1. The molecule has 5 nitrogen and oxygen atoms in total. The number of anilines is 1. The molecule has 1 saturated heterocycles. The first kappa shape index (κ1) is 13.3. The van der Waals surface area contributed by atoms with Crippen molar-refractivity contribution in [1.29, 1.82) is 0 Å². The molecule has 1 atom stereocenters. The molecule has 0 aromatic carbocycles. The van der Waals surface area contributed by atoms with Crippen LogP contribution in [0, 0.1) is 0 Å². The van der Waals surface area contributed by atoms with Crippen molar-refractivity contribution in [3.05, 3.63) is 23.9 Å². The summed E-state index contributed by atoms with van der Waals surface area (Å²) in [5.41, 5.74) is 1.16. The molecule has 1 unspecified atom stereocenters. The first-order valence-corrected chi connectivity index (χ1v) is 7.94. The number of sulfonamides is 1. The molecular formula is C12H19N3O2S. The van der Waals surface area contributed by atoms with Gasteiger partial charge in [-0.1, -0.05) is 0 Å². The normalized spacial score (nSPS) is 21.8. The van der Waals surface area contributed by atoms with Gasteiger partial charge < -0.3 is 5.32 Å². The second kappa shape index (κ2) is 5.24. The van der Waals surface area contributed by atoms with Crippen molar-refractivity contribution in [2.24, 2.45) is 0 Å². The van der Waals surface area contributed by atoms with Gasteiger partial charge in [-0.25, -0.2) is 17.7 Å². The fraction of sp³-hybridized carbons (Fsp3) is 0.583. The van der Waals surface area contributed by atoms with Gasteiger partial charge in [0.25, 0.3) is 0 Å². The minimum absolute atomic E-state index is 0.267. The van der Waals surface area contributed by atoms with E-state index in [0.29, 0.717) is 13.1 Å². The zero-order valence-corrected chi connectivity index (χ0v) is 11.6. The van der Waals surface area contributed by atoms with Crippen LogP contribution in [0.15, 0.2) is 18.3 Å².